The minimum absolute atomic E-state index is 0.0357. The molecule has 2 heterocycles. The molecule has 0 aliphatic carbocycles. The van der Waals surface area contributed by atoms with Gasteiger partial charge in [0.05, 0.1) is 4.90 Å². The van der Waals surface area contributed by atoms with E-state index in [-0.39, 0.29) is 34.6 Å². The number of nitrogens with zero attached hydrogens (tertiary/aromatic N) is 1. The van der Waals surface area contributed by atoms with Gasteiger partial charge in [-0.15, -0.1) is 0 Å². The number of carbonyl (C=O) groups is 1. The minimum atomic E-state index is -3.69. The number of rotatable bonds is 5. The van der Waals surface area contributed by atoms with Crippen molar-refractivity contribution in [3.63, 3.8) is 0 Å². The SMILES string of the molecule is CC(=O)Nc1ccc(S(=O)(=O)N2CCCC2C2NNCC2c2ccc(F)cc2)cc1. The fourth-order valence-corrected chi connectivity index (χ4v) is 6.10. The summed E-state index contributed by atoms with van der Waals surface area (Å²) >= 11 is 0. The van der Waals surface area contributed by atoms with Crippen molar-refractivity contribution in [1.29, 1.82) is 0 Å². The van der Waals surface area contributed by atoms with Gasteiger partial charge in [0.15, 0.2) is 0 Å². The van der Waals surface area contributed by atoms with Gasteiger partial charge in [-0.2, -0.15) is 4.31 Å². The van der Waals surface area contributed by atoms with E-state index in [2.05, 4.69) is 16.2 Å². The Kier molecular flexibility index (Phi) is 5.88. The van der Waals surface area contributed by atoms with Crippen LogP contribution in [0.1, 0.15) is 31.2 Å². The van der Waals surface area contributed by atoms with E-state index in [1.54, 1.807) is 28.6 Å². The highest BCUT2D eigenvalue weighted by molar-refractivity contribution is 7.89. The predicted octanol–water partition coefficient (Wildman–Crippen LogP) is 2.20. The Morgan fingerprint density at radius 2 is 1.83 bits per heavy atom. The van der Waals surface area contributed by atoms with Gasteiger partial charge in [-0.25, -0.2) is 12.8 Å². The van der Waals surface area contributed by atoms with Crippen molar-refractivity contribution >= 4 is 21.6 Å². The molecule has 4 rings (SSSR count). The third-order valence-electron chi connectivity index (χ3n) is 5.77. The van der Waals surface area contributed by atoms with Crippen LogP contribution in [0.25, 0.3) is 0 Å². The first-order chi connectivity index (χ1) is 14.4. The van der Waals surface area contributed by atoms with Crippen molar-refractivity contribution in [3.8, 4) is 0 Å². The summed E-state index contributed by atoms with van der Waals surface area (Å²) in [6.45, 7) is 2.50. The lowest BCUT2D eigenvalue weighted by atomic mass is 9.88. The van der Waals surface area contributed by atoms with Gasteiger partial charge in [-0.1, -0.05) is 12.1 Å². The third-order valence-corrected chi connectivity index (χ3v) is 7.71. The van der Waals surface area contributed by atoms with Gasteiger partial charge in [-0.3, -0.25) is 15.6 Å². The summed E-state index contributed by atoms with van der Waals surface area (Å²) in [7, 11) is -3.69. The second kappa shape index (κ2) is 8.43. The van der Waals surface area contributed by atoms with E-state index < -0.39 is 10.0 Å². The summed E-state index contributed by atoms with van der Waals surface area (Å²) < 4.78 is 41.6. The van der Waals surface area contributed by atoms with Crippen LogP contribution in [0, 0.1) is 5.82 Å². The molecule has 3 N–H and O–H groups in total. The van der Waals surface area contributed by atoms with Crippen molar-refractivity contribution in [2.75, 3.05) is 18.4 Å². The Morgan fingerprint density at radius 1 is 1.13 bits per heavy atom. The van der Waals surface area contributed by atoms with E-state index in [9.17, 15) is 17.6 Å². The second-order valence-electron chi connectivity index (χ2n) is 7.74. The highest BCUT2D eigenvalue weighted by atomic mass is 32.2. The largest absolute Gasteiger partial charge is 0.326 e. The van der Waals surface area contributed by atoms with Gasteiger partial charge >= 0.3 is 0 Å². The fraction of sp³-hybridized carbons (Fsp3) is 0.381. The summed E-state index contributed by atoms with van der Waals surface area (Å²) in [5.74, 6) is -0.465. The van der Waals surface area contributed by atoms with E-state index in [4.69, 9.17) is 0 Å². The number of amides is 1. The molecule has 3 unspecified atom stereocenters. The summed E-state index contributed by atoms with van der Waals surface area (Å²) in [5, 5.41) is 2.64. The molecular weight excluding hydrogens is 407 g/mol. The van der Waals surface area contributed by atoms with Gasteiger partial charge in [0.1, 0.15) is 5.82 Å². The molecule has 0 saturated carbocycles. The maximum atomic E-state index is 13.4. The van der Waals surface area contributed by atoms with Crippen molar-refractivity contribution in [2.45, 2.75) is 42.7 Å². The van der Waals surface area contributed by atoms with Crippen LogP contribution >= 0.6 is 0 Å². The molecule has 2 aromatic rings. The summed E-state index contributed by atoms with van der Waals surface area (Å²) in [6.07, 6.45) is 1.53. The molecule has 3 atom stereocenters. The normalized spacial score (nSPS) is 24.8. The summed E-state index contributed by atoms with van der Waals surface area (Å²) in [4.78, 5) is 11.4. The van der Waals surface area contributed by atoms with E-state index in [1.807, 2.05) is 0 Å². The van der Waals surface area contributed by atoms with Gasteiger partial charge in [0.2, 0.25) is 15.9 Å². The fourth-order valence-electron chi connectivity index (χ4n) is 4.39. The van der Waals surface area contributed by atoms with Crippen LogP contribution in [0.15, 0.2) is 53.4 Å². The zero-order valence-corrected chi connectivity index (χ0v) is 17.5. The monoisotopic (exact) mass is 432 g/mol. The van der Waals surface area contributed by atoms with Crippen LogP contribution in [0.3, 0.4) is 0 Å². The van der Waals surface area contributed by atoms with E-state index in [0.29, 0.717) is 18.8 Å². The third kappa shape index (κ3) is 4.11. The summed E-state index contributed by atoms with van der Waals surface area (Å²) in [5.41, 5.74) is 7.92. The molecular formula is C21H25FN4O3S. The Morgan fingerprint density at radius 3 is 2.50 bits per heavy atom. The van der Waals surface area contributed by atoms with Gasteiger partial charge < -0.3 is 5.32 Å². The van der Waals surface area contributed by atoms with Crippen LogP contribution < -0.4 is 16.2 Å². The highest BCUT2D eigenvalue weighted by Gasteiger charge is 2.44. The first kappa shape index (κ1) is 20.9. The molecule has 2 fully saturated rings. The molecule has 160 valence electrons. The molecule has 0 spiro atoms. The molecule has 1 amide bonds. The first-order valence-corrected chi connectivity index (χ1v) is 11.4. The van der Waals surface area contributed by atoms with Gasteiger partial charge in [0.25, 0.3) is 0 Å². The number of sulfonamides is 1. The lowest BCUT2D eigenvalue weighted by Crippen LogP contribution is -2.49. The lowest BCUT2D eigenvalue weighted by Gasteiger charge is -2.31. The van der Waals surface area contributed by atoms with Gasteiger partial charge in [0, 0.05) is 43.7 Å². The zero-order valence-electron chi connectivity index (χ0n) is 16.6. The van der Waals surface area contributed by atoms with Crippen LogP contribution in [-0.4, -0.2) is 43.8 Å². The van der Waals surface area contributed by atoms with E-state index >= 15 is 0 Å². The van der Waals surface area contributed by atoms with E-state index in [1.165, 1.54) is 31.2 Å². The number of halogens is 1. The van der Waals surface area contributed by atoms with Crippen LogP contribution in [0.5, 0.6) is 0 Å². The molecule has 2 aromatic carbocycles. The first-order valence-electron chi connectivity index (χ1n) is 9.99. The number of carbonyl (C=O) groups excluding carboxylic acids is 1. The Balaban J connectivity index is 1.57. The molecule has 30 heavy (non-hydrogen) atoms. The highest BCUT2D eigenvalue weighted by Crippen LogP contribution is 2.34. The number of hydrogen-bond donors (Lipinski definition) is 3. The molecule has 0 aromatic heterocycles. The van der Waals surface area contributed by atoms with Crippen molar-refractivity contribution in [3.05, 3.63) is 59.9 Å². The maximum absolute atomic E-state index is 13.4. The standard InChI is InChI=1S/C21H25FN4O3S/c1-14(27)24-17-8-10-18(11-9-17)30(28,29)26-12-2-3-20(26)21-19(13-23-25-21)15-4-6-16(22)7-5-15/h4-11,19-21,23,25H,2-3,12-13H2,1H3,(H,24,27). The molecule has 9 heteroatoms. The average molecular weight is 433 g/mol. The number of benzene rings is 2. The number of hydrogen-bond acceptors (Lipinski definition) is 5. The van der Waals surface area contributed by atoms with Crippen LogP contribution in [0.4, 0.5) is 10.1 Å². The van der Waals surface area contributed by atoms with Crippen molar-refractivity contribution < 1.29 is 17.6 Å². The Hall–Kier alpha value is -2.33. The quantitative estimate of drug-likeness (QED) is 0.674. The second-order valence-corrected chi connectivity index (χ2v) is 9.63. The van der Waals surface area contributed by atoms with Crippen LogP contribution in [-0.2, 0) is 14.8 Å². The van der Waals surface area contributed by atoms with Gasteiger partial charge in [-0.05, 0) is 54.8 Å². The number of anilines is 1. The Labute approximate surface area is 175 Å². The van der Waals surface area contributed by atoms with Crippen molar-refractivity contribution in [1.82, 2.24) is 15.2 Å². The summed E-state index contributed by atoms with van der Waals surface area (Å²) in [6, 6.07) is 12.3. The average Bonchev–Trinajstić information content (AvgIpc) is 3.38. The van der Waals surface area contributed by atoms with E-state index in [0.717, 1.165) is 18.4 Å². The molecule has 2 saturated heterocycles. The lowest BCUT2D eigenvalue weighted by molar-refractivity contribution is -0.114. The smallest absolute Gasteiger partial charge is 0.243 e. The van der Waals surface area contributed by atoms with Crippen molar-refractivity contribution in [2.24, 2.45) is 0 Å². The molecule has 2 aliphatic rings. The van der Waals surface area contributed by atoms with Crippen LogP contribution in [0.2, 0.25) is 0 Å². The minimum Gasteiger partial charge on any atom is -0.326 e. The maximum Gasteiger partial charge on any atom is 0.243 e. The molecule has 0 radical (unpaired) electrons. The number of hydrazine groups is 1. The molecule has 2 aliphatic heterocycles. The number of nitrogens with one attached hydrogen (secondary N) is 3. The zero-order chi connectivity index (χ0) is 21.3. The molecule has 0 bridgehead atoms. The topological polar surface area (TPSA) is 90.5 Å². The Bertz CT molecular complexity index is 1010. The molecule has 7 nitrogen and oxygen atoms in total. The predicted molar refractivity (Wildman–Crippen MR) is 112 cm³/mol.